The monoisotopic (exact) mass is 423 g/mol. The van der Waals surface area contributed by atoms with Crippen molar-refractivity contribution < 1.29 is 19.2 Å². The van der Waals surface area contributed by atoms with Crippen molar-refractivity contribution in [2.75, 3.05) is 0 Å². The third-order valence-corrected chi connectivity index (χ3v) is 0. The predicted molar refractivity (Wildman–Crippen MR) is 30.6 cm³/mol. The molecule has 34 valence electrons. The van der Waals surface area contributed by atoms with Crippen molar-refractivity contribution in [2.24, 2.45) is 0 Å². The van der Waals surface area contributed by atoms with Gasteiger partial charge in [-0.25, -0.2) is 0 Å². The van der Waals surface area contributed by atoms with Crippen LogP contribution in [0.1, 0.15) is 0 Å². The standard InChI is InChI=1S/3Ca.H3O4P.Pb/c;;;1-5(2,3)4;/h;;;(H3,1,2,3,4);/q3*+2;;+2/p-3. The minimum Gasteiger partial charge on any atom is -0.822 e. The summed E-state index contributed by atoms with van der Waals surface area (Å²) in [7, 11) is -5.39. The van der Waals surface area contributed by atoms with Crippen molar-refractivity contribution in [1.82, 2.24) is 0 Å². The van der Waals surface area contributed by atoms with E-state index in [9.17, 15) is 0 Å². The minimum absolute atomic E-state index is 0. The predicted octanol–water partition coefficient (Wildman–Crippen LogP) is -4.35. The summed E-state index contributed by atoms with van der Waals surface area (Å²) < 4.78 is 8.55. The zero-order valence-electron chi connectivity index (χ0n) is 4.70. The number of phosphoric acid groups is 1. The van der Waals surface area contributed by atoms with E-state index < -0.39 is 7.82 Å². The van der Waals surface area contributed by atoms with Gasteiger partial charge in [-0.1, -0.05) is 0 Å². The molecule has 0 N–H and O–H groups in total. The average molecular weight is 422 g/mol. The van der Waals surface area contributed by atoms with E-state index in [2.05, 4.69) is 0 Å². The van der Waals surface area contributed by atoms with Gasteiger partial charge in [0.1, 0.15) is 0 Å². The summed E-state index contributed by atoms with van der Waals surface area (Å²) in [6.07, 6.45) is 0. The average Bonchev–Trinajstić information content (AvgIpc) is 0.722. The Morgan fingerprint density at radius 1 is 0.889 bits per heavy atom. The van der Waals surface area contributed by atoms with Crippen molar-refractivity contribution in [3.8, 4) is 0 Å². The maximum Gasteiger partial charge on any atom is 2.00 e. The van der Waals surface area contributed by atoms with Crippen LogP contribution in [0.3, 0.4) is 0 Å². The molecule has 0 aromatic rings. The third-order valence-electron chi connectivity index (χ3n) is 0. The first-order valence-corrected chi connectivity index (χ1v) is 2.19. The molecule has 2 radical (unpaired) electrons. The Morgan fingerprint density at radius 3 is 0.889 bits per heavy atom. The molecule has 0 heterocycles. The molecule has 0 atom stereocenters. The third kappa shape index (κ3) is 64.7. The van der Waals surface area contributed by atoms with Crippen LogP contribution in [-0.4, -0.2) is 141 Å². The van der Waals surface area contributed by atoms with E-state index >= 15 is 0 Å². The fourth-order valence-electron chi connectivity index (χ4n) is 0. The molecule has 0 unspecified atom stereocenters. The van der Waals surface area contributed by atoms with E-state index in [-0.39, 0.29) is 141 Å². The number of hydrogen-bond acceptors (Lipinski definition) is 4. The Morgan fingerprint density at radius 2 is 0.889 bits per heavy atom. The molecular weight excluding hydrogens is 422 g/mol. The Labute approximate surface area is 163 Å². The molecule has 9 heteroatoms. The van der Waals surface area contributed by atoms with Gasteiger partial charge in [-0.15, -0.1) is 0 Å². The van der Waals surface area contributed by atoms with Crippen LogP contribution in [0.5, 0.6) is 0 Å². The Hall–Kier alpha value is 4.81. The molecular formula is Ca3O4PPb+5. The van der Waals surface area contributed by atoms with Crippen molar-refractivity contribution in [2.45, 2.75) is 0 Å². The van der Waals surface area contributed by atoms with Gasteiger partial charge in [-0.3, -0.25) is 0 Å². The van der Waals surface area contributed by atoms with E-state index in [1.807, 2.05) is 0 Å². The molecule has 0 fully saturated rings. The van der Waals surface area contributed by atoms with Gasteiger partial charge >= 0.3 is 141 Å². The number of hydrogen-bond donors (Lipinski definition) is 0. The normalized spacial score (nSPS) is 6.56. The zero-order valence-corrected chi connectivity index (χ0v) is 16.1. The maximum absolute atomic E-state index is 8.55. The second-order valence-electron chi connectivity index (χ2n) is 0.447. The van der Waals surface area contributed by atoms with Gasteiger partial charge in [0, 0.05) is 0 Å². The largest absolute Gasteiger partial charge is 2.00 e. The summed E-state index contributed by atoms with van der Waals surface area (Å²) in [4.78, 5) is 25.6. The van der Waals surface area contributed by atoms with Gasteiger partial charge < -0.3 is 19.2 Å². The quantitative estimate of drug-likeness (QED) is 0.292. The molecule has 0 saturated heterocycles. The summed E-state index contributed by atoms with van der Waals surface area (Å²) in [6.45, 7) is 0. The molecule has 0 saturated carbocycles. The molecule has 0 spiro atoms. The smallest absolute Gasteiger partial charge is 0.822 e. The van der Waals surface area contributed by atoms with E-state index in [4.69, 9.17) is 19.2 Å². The van der Waals surface area contributed by atoms with Crippen LogP contribution in [0.2, 0.25) is 0 Å². The summed E-state index contributed by atoms with van der Waals surface area (Å²) in [5.41, 5.74) is 0. The molecule has 9 heavy (non-hydrogen) atoms. The molecule has 0 bridgehead atoms. The SMILES string of the molecule is O=P([O-])([O-])[O-].[Ca+2].[Ca+2].[Ca+2].[Pb+2]. The summed E-state index contributed by atoms with van der Waals surface area (Å²) >= 11 is 0. The van der Waals surface area contributed by atoms with Crippen molar-refractivity contribution >= 4 is 148 Å². The van der Waals surface area contributed by atoms with Crippen LogP contribution < -0.4 is 14.7 Å². The fraction of sp³-hybridized carbons (Fsp3) is 0. The van der Waals surface area contributed by atoms with Crippen LogP contribution in [0.4, 0.5) is 0 Å². The minimum atomic E-state index is -5.39. The van der Waals surface area contributed by atoms with Crippen LogP contribution in [-0.2, 0) is 4.57 Å². The molecule has 0 aliphatic rings. The van der Waals surface area contributed by atoms with Gasteiger partial charge in [0.15, 0.2) is 0 Å². The van der Waals surface area contributed by atoms with Gasteiger partial charge in [-0.05, 0) is 0 Å². The van der Waals surface area contributed by atoms with E-state index in [0.717, 1.165) is 0 Å². The van der Waals surface area contributed by atoms with Crippen molar-refractivity contribution in [1.29, 1.82) is 0 Å². The first-order valence-electron chi connectivity index (χ1n) is 0.730. The first kappa shape index (κ1) is 29.2. The molecule has 4 nitrogen and oxygen atoms in total. The topological polar surface area (TPSA) is 86.2 Å². The number of rotatable bonds is 0. The van der Waals surface area contributed by atoms with Crippen LogP contribution in [0.25, 0.3) is 0 Å². The van der Waals surface area contributed by atoms with Gasteiger partial charge in [-0.2, -0.15) is 7.82 Å². The Bertz CT molecular complexity index is 61.9. The summed E-state index contributed by atoms with van der Waals surface area (Å²) in [6, 6.07) is 0. The molecule has 0 aromatic heterocycles. The van der Waals surface area contributed by atoms with E-state index in [1.54, 1.807) is 0 Å². The molecule has 0 rings (SSSR count). The second-order valence-corrected chi connectivity index (χ2v) is 1.34. The Balaban J connectivity index is -0.0000000133. The summed E-state index contributed by atoms with van der Waals surface area (Å²) in [5.74, 6) is 0. The van der Waals surface area contributed by atoms with Gasteiger partial charge in [0.05, 0.1) is 0 Å². The first-order chi connectivity index (χ1) is 2.00. The maximum atomic E-state index is 8.55. The second kappa shape index (κ2) is 15.3. The van der Waals surface area contributed by atoms with Crippen molar-refractivity contribution in [3.63, 3.8) is 0 Å². The molecule has 0 aromatic carbocycles. The molecule has 0 aliphatic carbocycles. The molecule has 0 aliphatic heterocycles. The van der Waals surface area contributed by atoms with Crippen LogP contribution in [0, 0.1) is 0 Å². The van der Waals surface area contributed by atoms with E-state index in [1.165, 1.54) is 0 Å². The summed E-state index contributed by atoms with van der Waals surface area (Å²) in [5, 5.41) is 0. The Kier molecular flexibility index (Phi) is 49.6. The molecule has 0 amide bonds. The van der Waals surface area contributed by atoms with Gasteiger partial charge in [0.2, 0.25) is 0 Å². The van der Waals surface area contributed by atoms with Crippen LogP contribution in [0.15, 0.2) is 0 Å². The van der Waals surface area contributed by atoms with Crippen LogP contribution >= 0.6 is 7.82 Å². The van der Waals surface area contributed by atoms with E-state index in [0.29, 0.717) is 0 Å². The fourth-order valence-corrected chi connectivity index (χ4v) is 0. The van der Waals surface area contributed by atoms with Crippen molar-refractivity contribution in [3.05, 3.63) is 0 Å². The van der Waals surface area contributed by atoms with Gasteiger partial charge in [0.25, 0.3) is 0 Å². The zero-order chi connectivity index (χ0) is 4.50.